The second-order valence-electron chi connectivity index (χ2n) is 6.53. The Morgan fingerprint density at radius 3 is 2.91 bits per heavy atom. The normalized spacial score (nSPS) is 31.9. The van der Waals surface area contributed by atoms with Gasteiger partial charge in [0.1, 0.15) is 5.60 Å². The van der Waals surface area contributed by atoms with Crippen molar-refractivity contribution in [2.45, 2.75) is 37.7 Å². The van der Waals surface area contributed by atoms with Crippen LogP contribution in [0.3, 0.4) is 0 Å². The highest BCUT2D eigenvalue weighted by Gasteiger charge is 2.58. The molecule has 1 amide bonds. The minimum atomic E-state index is -0.486. The summed E-state index contributed by atoms with van der Waals surface area (Å²) >= 11 is 0. The van der Waals surface area contributed by atoms with Crippen LogP contribution >= 0.6 is 0 Å². The summed E-state index contributed by atoms with van der Waals surface area (Å²) in [5.74, 6) is 0.452. The number of hydrogen-bond donors (Lipinski definition) is 0. The Balaban J connectivity index is 1.65. The Labute approximate surface area is 136 Å². The molecule has 0 radical (unpaired) electrons. The predicted molar refractivity (Wildman–Crippen MR) is 87.6 cm³/mol. The Hall–Kier alpha value is -1.78. The second-order valence-corrected chi connectivity index (χ2v) is 6.53. The van der Waals surface area contributed by atoms with Crippen molar-refractivity contribution in [3.63, 3.8) is 0 Å². The van der Waals surface area contributed by atoms with Crippen LogP contribution in [-0.4, -0.2) is 42.6 Å². The van der Waals surface area contributed by atoms with Gasteiger partial charge in [-0.1, -0.05) is 29.4 Å². The van der Waals surface area contributed by atoms with E-state index in [0.717, 1.165) is 32.4 Å². The van der Waals surface area contributed by atoms with Gasteiger partial charge in [0.05, 0.1) is 5.92 Å². The molecule has 1 saturated carbocycles. The van der Waals surface area contributed by atoms with Crippen LogP contribution in [0, 0.1) is 11.8 Å². The van der Waals surface area contributed by atoms with Crippen molar-refractivity contribution < 1.29 is 9.53 Å². The summed E-state index contributed by atoms with van der Waals surface area (Å²) in [5, 5.41) is 3.54. The maximum atomic E-state index is 12.9. The number of nitrogens with zero attached hydrogens (tertiary/aromatic N) is 4. The third-order valence-electron chi connectivity index (χ3n) is 5.21. The molecular weight excluding hydrogens is 292 g/mol. The minimum absolute atomic E-state index is 0.0775. The molecule has 1 aliphatic heterocycles. The summed E-state index contributed by atoms with van der Waals surface area (Å²) in [6.07, 6.45) is 13.2. The standard InChI is InChI=1S/C17H24N4O2/c18-20-19-9-6-12-23-17-8-3-2-7-14(17)13-15(17)16(22)21-10-4-1-5-11-21/h2-3,7-8,14-15H,1,4-6,9-13H2. The van der Waals surface area contributed by atoms with Gasteiger partial charge in [-0.05, 0) is 37.6 Å². The van der Waals surface area contributed by atoms with E-state index in [-0.39, 0.29) is 17.7 Å². The Kier molecular flexibility index (Phi) is 5.03. The second kappa shape index (κ2) is 7.20. The number of carbonyl (C=O) groups is 1. The Morgan fingerprint density at radius 2 is 2.17 bits per heavy atom. The third kappa shape index (κ3) is 3.14. The number of amides is 1. The average Bonchev–Trinajstić information content (AvgIpc) is 2.58. The number of carbonyl (C=O) groups excluding carboxylic acids is 1. The maximum Gasteiger partial charge on any atom is 0.228 e. The fraction of sp³-hybridized carbons (Fsp3) is 0.706. The monoisotopic (exact) mass is 316 g/mol. The molecule has 2 aliphatic carbocycles. The van der Waals surface area contributed by atoms with Gasteiger partial charge in [0.25, 0.3) is 0 Å². The van der Waals surface area contributed by atoms with E-state index in [2.05, 4.69) is 22.2 Å². The molecule has 3 aliphatic rings. The minimum Gasteiger partial charge on any atom is -0.369 e. The summed E-state index contributed by atoms with van der Waals surface area (Å²) < 4.78 is 6.17. The molecule has 0 N–H and O–H groups in total. The van der Waals surface area contributed by atoms with Gasteiger partial charge >= 0.3 is 0 Å². The number of allylic oxidation sites excluding steroid dienone is 2. The van der Waals surface area contributed by atoms with Crippen LogP contribution in [0.1, 0.15) is 32.1 Å². The summed E-state index contributed by atoms with van der Waals surface area (Å²) in [6, 6.07) is 0. The zero-order valence-corrected chi connectivity index (χ0v) is 13.4. The summed E-state index contributed by atoms with van der Waals surface area (Å²) in [4.78, 5) is 17.7. The molecule has 124 valence electrons. The van der Waals surface area contributed by atoms with Crippen molar-refractivity contribution in [2.75, 3.05) is 26.2 Å². The molecule has 0 spiro atoms. The number of fused-ring (bicyclic) bond motifs is 1. The molecule has 6 heteroatoms. The zero-order chi connectivity index (χ0) is 16.1. The topological polar surface area (TPSA) is 78.3 Å². The lowest BCUT2D eigenvalue weighted by Gasteiger charge is -2.54. The highest BCUT2D eigenvalue weighted by Crippen LogP contribution is 2.51. The number of hydrogen-bond acceptors (Lipinski definition) is 3. The van der Waals surface area contributed by atoms with Gasteiger partial charge in [-0.2, -0.15) is 0 Å². The number of ether oxygens (including phenoxy) is 1. The van der Waals surface area contributed by atoms with Crippen LogP contribution in [-0.2, 0) is 9.53 Å². The van der Waals surface area contributed by atoms with E-state index in [9.17, 15) is 4.79 Å². The zero-order valence-electron chi connectivity index (χ0n) is 13.4. The van der Waals surface area contributed by atoms with E-state index >= 15 is 0 Å². The average molecular weight is 316 g/mol. The van der Waals surface area contributed by atoms with E-state index in [4.69, 9.17) is 10.3 Å². The van der Waals surface area contributed by atoms with Gasteiger partial charge in [0.2, 0.25) is 5.91 Å². The lowest BCUT2D eigenvalue weighted by molar-refractivity contribution is -0.175. The molecule has 1 saturated heterocycles. The lowest BCUT2D eigenvalue weighted by atomic mass is 9.58. The molecule has 0 bridgehead atoms. The number of rotatable bonds is 6. The van der Waals surface area contributed by atoms with Crippen LogP contribution in [0.2, 0.25) is 0 Å². The highest BCUT2D eigenvalue weighted by atomic mass is 16.5. The molecule has 3 unspecified atom stereocenters. The fourth-order valence-electron chi connectivity index (χ4n) is 3.91. The highest BCUT2D eigenvalue weighted by molar-refractivity contribution is 5.82. The van der Waals surface area contributed by atoms with Crippen molar-refractivity contribution in [2.24, 2.45) is 17.0 Å². The molecule has 3 rings (SSSR count). The molecule has 0 aromatic carbocycles. The van der Waals surface area contributed by atoms with Gasteiger partial charge < -0.3 is 9.64 Å². The van der Waals surface area contributed by atoms with Crippen molar-refractivity contribution in [3.8, 4) is 0 Å². The van der Waals surface area contributed by atoms with Gasteiger partial charge in [-0.3, -0.25) is 4.79 Å². The largest absolute Gasteiger partial charge is 0.369 e. The number of piperidine rings is 1. The molecule has 6 nitrogen and oxygen atoms in total. The molecular formula is C17H24N4O2. The van der Waals surface area contributed by atoms with Gasteiger partial charge in [-0.25, -0.2) is 0 Å². The summed E-state index contributed by atoms with van der Waals surface area (Å²) in [7, 11) is 0. The van der Waals surface area contributed by atoms with E-state index in [0.29, 0.717) is 19.6 Å². The SMILES string of the molecule is [N-]=[N+]=NCCCOC12C=CC=CC1CC2C(=O)N1CCCCC1. The number of likely N-dealkylation sites (tertiary alicyclic amines) is 1. The van der Waals surface area contributed by atoms with Crippen LogP contribution < -0.4 is 0 Å². The van der Waals surface area contributed by atoms with Crippen LogP contribution in [0.25, 0.3) is 10.4 Å². The first kappa shape index (κ1) is 16.1. The van der Waals surface area contributed by atoms with E-state index < -0.39 is 5.60 Å². The first-order valence-corrected chi connectivity index (χ1v) is 8.57. The van der Waals surface area contributed by atoms with Crippen molar-refractivity contribution in [1.82, 2.24) is 4.90 Å². The molecule has 0 aromatic heterocycles. The van der Waals surface area contributed by atoms with E-state index in [1.807, 2.05) is 17.1 Å². The Morgan fingerprint density at radius 1 is 1.35 bits per heavy atom. The van der Waals surface area contributed by atoms with Crippen molar-refractivity contribution >= 4 is 5.91 Å². The lowest BCUT2D eigenvalue weighted by Crippen LogP contribution is -2.62. The van der Waals surface area contributed by atoms with Crippen LogP contribution in [0.15, 0.2) is 29.4 Å². The quantitative estimate of drug-likeness (QED) is 0.326. The molecule has 3 atom stereocenters. The maximum absolute atomic E-state index is 12.9. The first-order valence-electron chi connectivity index (χ1n) is 8.57. The van der Waals surface area contributed by atoms with Gasteiger partial charge in [-0.15, -0.1) is 0 Å². The molecule has 2 fully saturated rings. The predicted octanol–water partition coefficient (Wildman–Crippen LogP) is 3.22. The van der Waals surface area contributed by atoms with Crippen LogP contribution in [0.5, 0.6) is 0 Å². The van der Waals surface area contributed by atoms with Crippen molar-refractivity contribution in [3.05, 3.63) is 34.7 Å². The van der Waals surface area contributed by atoms with Crippen molar-refractivity contribution in [1.29, 1.82) is 0 Å². The molecule has 0 aromatic rings. The molecule has 1 heterocycles. The summed E-state index contributed by atoms with van der Waals surface area (Å²) in [6.45, 7) is 2.71. The smallest absolute Gasteiger partial charge is 0.228 e. The first-order chi connectivity index (χ1) is 11.3. The molecule has 23 heavy (non-hydrogen) atoms. The van der Waals surface area contributed by atoms with Gasteiger partial charge in [0, 0.05) is 37.1 Å². The number of azide groups is 1. The van der Waals surface area contributed by atoms with E-state index in [1.165, 1.54) is 6.42 Å². The third-order valence-corrected chi connectivity index (χ3v) is 5.21. The Bertz CT molecular complexity index is 547. The fourth-order valence-corrected chi connectivity index (χ4v) is 3.91. The van der Waals surface area contributed by atoms with E-state index in [1.54, 1.807) is 0 Å². The summed E-state index contributed by atoms with van der Waals surface area (Å²) in [5.41, 5.74) is 7.84. The van der Waals surface area contributed by atoms with Gasteiger partial charge in [0.15, 0.2) is 0 Å². The van der Waals surface area contributed by atoms with Crippen LogP contribution in [0.4, 0.5) is 0 Å².